The zero-order chi connectivity index (χ0) is 12.7. The fraction of sp³-hybridized carbons (Fsp3) is 0.0667. The molecule has 0 radical (unpaired) electrons. The van der Waals surface area contributed by atoms with E-state index in [0.29, 0.717) is 10.8 Å². The van der Waals surface area contributed by atoms with Crippen LogP contribution in [0.3, 0.4) is 0 Å². The van der Waals surface area contributed by atoms with Crippen molar-refractivity contribution in [3.63, 3.8) is 0 Å². The summed E-state index contributed by atoms with van der Waals surface area (Å²) >= 11 is 0. The molecule has 1 aromatic heterocycles. The summed E-state index contributed by atoms with van der Waals surface area (Å²) in [7, 11) is 1.86. The lowest BCUT2D eigenvalue weighted by Gasteiger charge is -2.02. The van der Waals surface area contributed by atoms with Gasteiger partial charge in [0.1, 0.15) is 0 Å². The van der Waals surface area contributed by atoms with Gasteiger partial charge in [-0.1, -0.05) is 24.3 Å². The fourth-order valence-corrected chi connectivity index (χ4v) is 2.29. The van der Waals surface area contributed by atoms with Gasteiger partial charge < -0.3 is 4.57 Å². The van der Waals surface area contributed by atoms with E-state index in [9.17, 15) is 9.59 Å². The van der Waals surface area contributed by atoms with Gasteiger partial charge in [0.15, 0.2) is 0 Å². The van der Waals surface area contributed by atoms with E-state index in [0.717, 1.165) is 11.0 Å². The molecule has 3 heteroatoms. The van der Waals surface area contributed by atoms with E-state index >= 15 is 0 Å². The van der Waals surface area contributed by atoms with Crippen LogP contribution in [0.2, 0.25) is 0 Å². The van der Waals surface area contributed by atoms with Gasteiger partial charge in [-0.3, -0.25) is 9.59 Å². The number of hydrogen-bond donors (Lipinski definition) is 0. The number of aromatic nitrogens is 1. The molecule has 0 atom stereocenters. The van der Waals surface area contributed by atoms with Crippen LogP contribution in [0.15, 0.2) is 58.1 Å². The lowest BCUT2D eigenvalue weighted by Crippen LogP contribution is -2.20. The molecule has 88 valence electrons. The predicted molar refractivity (Wildman–Crippen MR) is 73.0 cm³/mol. The molecular weight excluding hydrogens is 226 g/mol. The molecule has 0 spiro atoms. The van der Waals surface area contributed by atoms with Crippen LogP contribution in [0, 0.1) is 0 Å². The van der Waals surface area contributed by atoms with Crippen LogP contribution in [0.25, 0.3) is 21.8 Å². The van der Waals surface area contributed by atoms with Crippen LogP contribution in [-0.4, -0.2) is 4.57 Å². The maximum absolute atomic E-state index is 12.2. The highest BCUT2D eigenvalue weighted by Gasteiger charge is 2.07. The van der Waals surface area contributed by atoms with Crippen molar-refractivity contribution in [2.24, 2.45) is 7.05 Å². The summed E-state index contributed by atoms with van der Waals surface area (Å²) in [5.74, 6) is 0. The quantitative estimate of drug-likeness (QED) is 0.561. The van der Waals surface area contributed by atoms with Gasteiger partial charge in [-0.15, -0.1) is 0 Å². The fourth-order valence-electron chi connectivity index (χ4n) is 2.29. The van der Waals surface area contributed by atoms with Crippen molar-refractivity contribution in [2.75, 3.05) is 0 Å². The third-order valence-corrected chi connectivity index (χ3v) is 3.23. The second-order valence-electron chi connectivity index (χ2n) is 4.25. The molecule has 0 aliphatic rings. The van der Waals surface area contributed by atoms with Crippen LogP contribution >= 0.6 is 0 Å². The van der Waals surface area contributed by atoms with E-state index in [2.05, 4.69) is 0 Å². The Morgan fingerprint density at radius 3 is 1.56 bits per heavy atom. The normalized spacial score (nSPS) is 10.9. The highest BCUT2D eigenvalue weighted by molar-refractivity contribution is 5.88. The third kappa shape index (κ3) is 1.37. The van der Waals surface area contributed by atoms with Gasteiger partial charge in [0, 0.05) is 17.8 Å². The minimum Gasteiger partial charge on any atom is -0.343 e. The van der Waals surface area contributed by atoms with Gasteiger partial charge in [0.2, 0.25) is 10.9 Å². The van der Waals surface area contributed by atoms with Gasteiger partial charge in [-0.25, -0.2) is 0 Å². The van der Waals surface area contributed by atoms with Gasteiger partial charge in [-0.2, -0.15) is 0 Å². The Labute approximate surface area is 103 Å². The Bertz CT molecular complexity index is 806. The number of fused-ring (bicyclic) bond motifs is 2. The highest BCUT2D eigenvalue weighted by Crippen LogP contribution is 2.13. The van der Waals surface area contributed by atoms with E-state index < -0.39 is 10.9 Å². The molecule has 3 rings (SSSR count). The molecule has 0 saturated heterocycles. The first-order valence-corrected chi connectivity index (χ1v) is 5.71. The predicted octanol–water partition coefficient (Wildman–Crippen LogP) is 2.05. The van der Waals surface area contributed by atoms with Crippen molar-refractivity contribution in [3.8, 4) is 0 Å². The van der Waals surface area contributed by atoms with Crippen molar-refractivity contribution < 1.29 is 0 Å². The molecule has 1 heterocycles. The molecule has 0 amide bonds. The summed E-state index contributed by atoms with van der Waals surface area (Å²) in [6, 6.07) is 14.4. The summed E-state index contributed by atoms with van der Waals surface area (Å²) in [5.41, 5.74) is 0.645. The molecule has 0 unspecified atom stereocenters. The first-order chi connectivity index (χ1) is 8.70. The molecule has 18 heavy (non-hydrogen) atoms. The number of hydrogen-bond acceptors (Lipinski definition) is 2. The smallest absolute Gasteiger partial charge is 0.235 e. The Kier molecular flexibility index (Phi) is 2.27. The second kappa shape index (κ2) is 3.81. The van der Waals surface area contributed by atoms with Gasteiger partial charge >= 0.3 is 0 Å². The largest absolute Gasteiger partial charge is 0.343 e. The Balaban J connectivity index is 2.84. The zero-order valence-electron chi connectivity index (χ0n) is 9.88. The lowest BCUT2D eigenvalue weighted by molar-refractivity contribution is 1.01. The molecule has 0 bridgehead atoms. The molecule has 0 N–H and O–H groups in total. The topological polar surface area (TPSA) is 39.1 Å². The maximum atomic E-state index is 12.2. The summed E-state index contributed by atoms with van der Waals surface area (Å²) in [6.45, 7) is 0. The van der Waals surface area contributed by atoms with Gasteiger partial charge in [-0.05, 0) is 24.3 Å². The molecule has 0 saturated carbocycles. The van der Waals surface area contributed by atoms with E-state index in [-0.39, 0.29) is 0 Å². The number of nitrogens with zero attached hydrogens (tertiary/aromatic N) is 1. The Hall–Kier alpha value is -2.42. The van der Waals surface area contributed by atoms with E-state index in [1.165, 1.54) is 0 Å². The minimum atomic E-state index is -0.442. The van der Waals surface area contributed by atoms with Crippen molar-refractivity contribution >= 4 is 21.8 Å². The van der Waals surface area contributed by atoms with Crippen molar-refractivity contribution in [1.82, 2.24) is 4.57 Å². The van der Waals surface area contributed by atoms with Crippen LogP contribution < -0.4 is 10.9 Å². The average molecular weight is 237 g/mol. The zero-order valence-corrected chi connectivity index (χ0v) is 9.88. The Morgan fingerprint density at radius 1 is 0.722 bits per heavy atom. The number of para-hydroxylation sites is 2. The standard InChI is InChI=1S/C15H11NO2/c1-16-12-8-4-2-6-10(12)14(17)15(18)11-7-3-5-9-13(11)16/h2-9H,1H3. The van der Waals surface area contributed by atoms with Crippen LogP contribution in [-0.2, 0) is 7.05 Å². The molecule has 0 fully saturated rings. The van der Waals surface area contributed by atoms with E-state index in [1.54, 1.807) is 24.3 Å². The molecule has 0 aliphatic carbocycles. The summed E-state index contributed by atoms with van der Waals surface area (Å²) in [4.78, 5) is 24.3. The molecule has 2 aromatic carbocycles. The maximum Gasteiger partial charge on any atom is 0.235 e. The molecular formula is C15H11NO2. The van der Waals surface area contributed by atoms with Crippen LogP contribution in [0.4, 0.5) is 0 Å². The van der Waals surface area contributed by atoms with Crippen LogP contribution in [0.1, 0.15) is 0 Å². The first-order valence-electron chi connectivity index (χ1n) is 5.71. The Morgan fingerprint density at radius 2 is 1.11 bits per heavy atom. The number of aryl methyl sites for hydroxylation is 1. The van der Waals surface area contributed by atoms with Gasteiger partial charge in [0.05, 0.1) is 11.0 Å². The second-order valence-corrected chi connectivity index (χ2v) is 4.25. The lowest BCUT2D eigenvalue weighted by atomic mass is 10.2. The SMILES string of the molecule is Cn1c2ccccc2c(=O)c(=O)c2ccccc21. The van der Waals surface area contributed by atoms with E-state index in [1.807, 2.05) is 35.9 Å². The number of rotatable bonds is 0. The molecule has 3 nitrogen and oxygen atoms in total. The molecule has 0 aliphatic heterocycles. The average Bonchev–Trinajstić information content (AvgIpc) is 2.51. The molecule has 3 aromatic rings. The van der Waals surface area contributed by atoms with Crippen molar-refractivity contribution in [2.45, 2.75) is 0 Å². The van der Waals surface area contributed by atoms with Crippen LogP contribution in [0.5, 0.6) is 0 Å². The first kappa shape index (κ1) is 10.7. The summed E-state index contributed by atoms with van der Waals surface area (Å²) < 4.78 is 1.88. The van der Waals surface area contributed by atoms with Gasteiger partial charge in [0.25, 0.3) is 0 Å². The summed E-state index contributed by atoms with van der Waals surface area (Å²) in [5, 5.41) is 0.919. The third-order valence-electron chi connectivity index (χ3n) is 3.23. The minimum absolute atomic E-state index is 0.442. The highest BCUT2D eigenvalue weighted by atomic mass is 16.2. The number of benzene rings is 2. The van der Waals surface area contributed by atoms with E-state index in [4.69, 9.17) is 0 Å². The monoisotopic (exact) mass is 237 g/mol. The summed E-state index contributed by atoms with van der Waals surface area (Å²) in [6.07, 6.45) is 0. The van der Waals surface area contributed by atoms with Crippen molar-refractivity contribution in [1.29, 1.82) is 0 Å². The van der Waals surface area contributed by atoms with Crippen molar-refractivity contribution in [3.05, 3.63) is 69.0 Å².